The van der Waals surface area contributed by atoms with E-state index in [0.29, 0.717) is 0 Å². The van der Waals surface area contributed by atoms with Crippen LogP contribution in [0.4, 0.5) is 0 Å². The first-order valence-corrected chi connectivity index (χ1v) is 8.62. The van der Waals surface area contributed by atoms with E-state index in [1.54, 1.807) is 0 Å². The Morgan fingerprint density at radius 1 is 1.25 bits per heavy atom. The highest BCUT2D eigenvalue weighted by Gasteiger charge is 2.19. The number of hydrogen-bond donors (Lipinski definition) is 2. The number of aryl methyl sites for hydroxylation is 3. The third-order valence-electron chi connectivity index (χ3n) is 4.95. The van der Waals surface area contributed by atoms with Crippen LogP contribution in [0, 0.1) is 6.92 Å². The molecule has 1 aliphatic rings. The first-order chi connectivity index (χ1) is 11.8. The Morgan fingerprint density at radius 2 is 2.17 bits per heavy atom. The third kappa shape index (κ3) is 2.72. The predicted molar refractivity (Wildman–Crippen MR) is 95.9 cm³/mol. The number of hydrogen-bond acceptors (Lipinski definition) is 3. The van der Waals surface area contributed by atoms with Gasteiger partial charge in [-0.2, -0.15) is 0 Å². The van der Waals surface area contributed by atoms with Crippen molar-refractivity contribution in [1.29, 1.82) is 0 Å². The molecule has 3 heterocycles. The number of rotatable bonds is 4. The molecule has 0 saturated heterocycles. The fraction of sp³-hybridized carbons (Fsp3) is 0.350. The van der Waals surface area contributed by atoms with Crippen LogP contribution in [0.5, 0.6) is 0 Å². The molecule has 0 fully saturated rings. The quantitative estimate of drug-likeness (QED) is 0.777. The van der Waals surface area contributed by atoms with Crippen LogP contribution in [0.1, 0.15) is 28.1 Å². The second-order valence-electron chi connectivity index (χ2n) is 6.59. The highest BCUT2D eigenvalue weighted by atomic mass is 16.3. The zero-order valence-corrected chi connectivity index (χ0v) is 14.0. The van der Waals surface area contributed by atoms with Crippen LogP contribution in [0.2, 0.25) is 0 Å². The Balaban J connectivity index is 1.67. The number of pyridine rings is 1. The topological polar surface area (TPSA) is 50.1 Å². The maximum absolute atomic E-state index is 9.11. The molecule has 4 nitrogen and oxygen atoms in total. The van der Waals surface area contributed by atoms with Crippen molar-refractivity contribution < 1.29 is 5.11 Å². The molecule has 1 aromatic carbocycles. The van der Waals surface area contributed by atoms with Crippen LogP contribution in [-0.2, 0) is 32.5 Å². The average molecular weight is 321 g/mol. The molecule has 0 bridgehead atoms. The molecule has 1 aliphatic heterocycles. The van der Waals surface area contributed by atoms with Crippen molar-refractivity contribution in [2.45, 2.75) is 39.5 Å². The fourth-order valence-electron chi connectivity index (χ4n) is 3.69. The molecule has 0 unspecified atom stereocenters. The summed E-state index contributed by atoms with van der Waals surface area (Å²) in [6.07, 6.45) is 3.93. The van der Waals surface area contributed by atoms with Gasteiger partial charge in [0, 0.05) is 48.8 Å². The smallest absolute Gasteiger partial charge is 0.0852 e. The predicted octanol–water partition coefficient (Wildman–Crippen LogP) is 2.73. The Hall–Kier alpha value is -2.17. The first-order valence-electron chi connectivity index (χ1n) is 8.62. The van der Waals surface area contributed by atoms with Gasteiger partial charge in [0.25, 0.3) is 0 Å². The van der Waals surface area contributed by atoms with E-state index in [1.807, 2.05) is 12.3 Å². The van der Waals surface area contributed by atoms with Crippen LogP contribution in [0.25, 0.3) is 10.9 Å². The number of nitrogens with zero attached hydrogens (tertiary/aromatic N) is 2. The van der Waals surface area contributed by atoms with Gasteiger partial charge in [0.1, 0.15) is 0 Å². The summed E-state index contributed by atoms with van der Waals surface area (Å²) in [6.45, 7) is 5.15. The van der Waals surface area contributed by atoms with E-state index < -0.39 is 0 Å². The molecular formula is C20H23N3O. The molecule has 24 heavy (non-hydrogen) atoms. The van der Waals surface area contributed by atoms with Gasteiger partial charge < -0.3 is 15.0 Å². The number of aliphatic hydroxyl groups is 1. The second-order valence-corrected chi connectivity index (χ2v) is 6.59. The van der Waals surface area contributed by atoms with Crippen molar-refractivity contribution in [1.82, 2.24) is 14.9 Å². The van der Waals surface area contributed by atoms with Gasteiger partial charge in [-0.1, -0.05) is 17.7 Å². The number of nitrogens with one attached hydrogen (secondary N) is 1. The molecule has 3 aromatic rings. The molecule has 4 rings (SSSR count). The van der Waals surface area contributed by atoms with Crippen LogP contribution in [-0.4, -0.2) is 21.2 Å². The van der Waals surface area contributed by atoms with Gasteiger partial charge in [-0.05, 0) is 42.7 Å². The standard InChI is InChI=1S/C20H23N3O/c1-14-2-5-19-17(10-14)18-12-21-8-6-20(18)23(19)9-7-15-3-4-16(13-24)22-11-15/h2-5,10-11,21,24H,6-9,12-13H2,1H3. The van der Waals surface area contributed by atoms with E-state index >= 15 is 0 Å². The van der Waals surface area contributed by atoms with E-state index in [2.05, 4.69) is 46.1 Å². The zero-order chi connectivity index (χ0) is 16.5. The minimum absolute atomic E-state index is 0.00236. The lowest BCUT2D eigenvalue weighted by Gasteiger charge is -2.17. The number of aromatic nitrogens is 2. The molecule has 0 aliphatic carbocycles. The SMILES string of the molecule is Cc1ccc2c(c1)c1c(n2CCc2ccc(CO)nc2)CCNC1. The molecule has 0 amide bonds. The van der Waals surface area contributed by atoms with E-state index in [-0.39, 0.29) is 6.61 Å². The second kappa shape index (κ2) is 6.38. The van der Waals surface area contributed by atoms with E-state index in [0.717, 1.165) is 38.2 Å². The molecule has 2 aromatic heterocycles. The lowest BCUT2D eigenvalue weighted by Crippen LogP contribution is -2.24. The van der Waals surface area contributed by atoms with E-state index in [9.17, 15) is 0 Å². The van der Waals surface area contributed by atoms with Crippen molar-refractivity contribution in [2.24, 2.45) is 0 Å². The lowest BCUT2D eigenvalue weighted by molar-refractivity contribution is 0.277. The summed E-state index contributed by atoms with van der Waals surface area (Å²) in [4.78, 5) is 4.29. The van der Waals surface area contributed by atoms with E-state index in [1.165, 1.54) is 33.3 Å². The lowest BCUT2D eigenvalue weighted by atomic mass is 10.0. The Labute approximate surface area is 142 Å². The van der Waals surface area contributed by atoms with Gasteiger partial charge >= 0.3 is 0 Å². The summed E-state index contributed by atoms with van der Waals surface area (Å²) >= 11 is 0. The normalized spacial score (nSPS) is 14.1. The Morgan fingerprint density at radius 3 is 2.96 bits per heavy atom. The van der Waals surface area contributed by atoms with Gasteiger partial charge in [-0.3, -0.25) is 4.98 Å². The summed E-state index contributed by atoms with van der Waals surface area (Å²) in [6, 6.07) is 10.8. The minimum atomic E-state index is 0.00236. The fourth-order valence-corrected chi connectivity index (χ4v) is 3.69. The monoisotopic (exact) mass is 321 g/mol. The van der Waals surface area contributed by atoms with Crippen molar-refractivity contribution in [3.8, 4) is 0 Å². The van der Waals surface area contributed by atoms with Crippen molar-refractivity contribution >= 4 is 10.9 Å². The van der Waals surface area contributed by atoms with E-state index in [4.69, 9.17) is 5.11 Å². The van der Waals surface area contributed by atoms with Crippen molar-refractivity contribution in [3.63, 3.8) is 0 Å². The summed E-state index contributed by atoms with van der Waals surface area (Å²) < 4.78 is 2.49. The highest BCUT2D eigenvalue weighted by Crippen LogP contribution is 2.29. The highest BCUT2D eigenvalue weighted by molar-refractivity contribution is 5.86. The van der Waals surface area contributed by atoms with Gasteiger partial charge in [-0.15, -0.1) is 0 Å². The summed E-state index contributed by atoms with van der Waals surface area (Å²) in [5.74, 6) is 0. The number of fused-ring (bicyclic) bond motifs is 3. The molecular weight excluding hydrogens is 298 g/mol. The minimum Gasteiger partial charge on any atom is -0.390 e. The number of aliphatic hydroxyl groups excluding tert-OH is 1. The number of benzene rings is 1. The molecule has 0 radical (unpaired) electrons. The molecule has 0 spiro atoms. The molecule has 0 atom stereocenters. The maximum Gasteiger partial charge on any atom is 0.0852 e. The van der Waals surface area contributed by atoms with Crippen LogP contribution in [0.3, 0.4) is 0 Å². The summed E-state index contributed by atoms with van der Waals surface area (Å²) in [7, 11) is 0. The molecule has 4 heteroatoms. The molecule has 0 saturated carbocycles. The average Bonchev–Trinajstić information content (AvgIpc) is 2.93. The largest absolute Gasteiger partial charge is 0.390 e. The van der Waals surface area contributed by atoms with Gasteiger partial charge in [-0.25, -0.2) is 0 Å². The maximum atomic E-state index is 9.11. The summed E-state index contributed by atoms with van der Waals surface area (Å²) in [5.41, 5.74) is 7.54. The van der Waals surface area contributed by atoms with Crippen LogP contribution in [0.15, 0.2) is 36.5 Å². The molecule has 124 valence electrons. The van der Waals surface area contributed by atoms with Crippen molar-refractivity contribution in [2.75, 3.05) is 6.54 Å². The third-order valence-corrected chi connectivity index (χ3v) is 4.95. The Kier molecular flexibility index (Phi) is 4.08. The van der Waals surface area contributed by atoms with Crippen LogP contribution < -0.4 is 5.32 Å². The van der Waals surface area contributed by atoms with Crippen molar-refractivity contribution in [3.05, 3.63) is 64.6 Å². The molecule has 2 N–H and O–H groups in total. The zero-order valence-electron chi connectivity index (χ0n) is 14.0. The van der Waals surface area contributed by atoms with Gasteiger partial charge in [0.2, 0.25) is 0 Å². The van der Waals surface area contributed by atoms with Crippen LogP contribution >= 0.6 is 0 Å². The first kappa shape index (κ1) is 15.4. The summed E-state index contributed by atoms with van der Waals surface area (Å²) in [5, 5.41) is 14.0. The Bertz CT molecular complexity index is 865. The van der Waals surface area contributed by atoms with Gasteiger partial charge in [0.05, 0.1) is 12.3 Å². The van der Waals surface area contributed by atoms with Gasteiger partial charge in [0.15, 0.2) is 0 Å².